The van der Waals surface area contributed by atoms with Crippen molar-refractivity contribution in [3.8, 4) is 5.69 Å². The van der Waals surface area contributed by atoms with Gasteiger partial charge in [0, 0.05) is 45.0 Å². The van der Waals surface area contributed by atoms with Gasteiger partial charge in [0.1, 0.15) is 12.0 Å². The molecule has 0 amide bonds. The van der Waals surface area contributed by atoms with Crippen LogP contribution in [-0.4, -0.2) is 27.6 Å². The Morgan fingerprint density at radius 3 is 1.89 bits per heavy atom. The molecule has 1 atom stereocenters. The van der Waals surface area contributed by atoms with Crippen molar-refractivity contribution in [1.82, 2.24) is 19.8 Å². The average molecular weight is 694 g/mol. The van der Waals surface area contributed by atoms with Crippen LogP contribution in [0.25, 0.3) is 71.6 Å². The minimum absolute atomic E-state index is 0.233. The van der Waals surface area contributed by atoms with Gasteiger partial charge in [0.25, 0.3) is 0 Å². The van der Waals surface area contributed by atoms with Crippen molar-refractivity contribution in [2.24, 2.45) is 4.99 Å². The molecule has 0 spiro atoms. The molecule has 2 aliphatic heterocycles. The summed E-state index contributed by atoms with van der Waals surface area (Å²) in [6, 6.07) is 58.5. The van der Waals surface area contributed by atoms with Gasteiger partial charge in [0.15, 0.2) is 0 Å². The van der Waals surface area contributed by atoms with Crippen molar-refractivity contribution in [1.29, 1.82) is 0 Å². The maximum atomic E-state index is 5.29. The highest BCUT2D eigenvalue weighted by Crippen LogP contribution is 2.39. The standard InChI is InChI=1S/C49H35N5/c1-3-15-33(16-4-1)42-29-43(37-23-13-17-32-14-7-8-20-36(32)37)52-49(51-42)34-26-27-48(50-31-34)54-45-25-12-10-22-39(45)41-28-40-38-21-9-11-24-44(38)53(46(40)30-47(41)54)35-18-5-2-6-19-35/h1-30,49-50,52H,31H2. The first-order valence-electron chi connectivity index (χ1n) is 18.5. The molecule has 2 aliphatic rings. The number of aliphatic imine (C=N–C) groups is 1. The van der Waals surface area contributed by atoms with E-state index in [4.69, 9.17) is 4.99 Å². The minimum atomic E-state index is -0.233. The normalized spacial score (nSPS) is 15.9. The lowest BCUT2D eigenvalue weighted by Crippen LogP contribution is -2.37. The molecule has 11 rings (SSSR count). The third-order valence-corrected chi connectivity index (χ3v) is 11.0. The molecule has 2 N–H and O–H groups in total. The summed E-state index contributed by atoms with van der Waals surface area (Å²) in [4.78, 5) is 5.29. The van der Waals surface area contributed by atoms with Gasteiger partial charge in [-0.25, -0.2) is 0 Å². The molecule has 1 unspecified atom stereocenters. The van der Waals surface area contributed by atoms with E-state index in [1.54, 1.807) is 0 Å². The number of nitrogens with zero attached hydrogens (tertiary/aromatic N) is 3. The highest BCUT2D eigenvalue weighted by atomic mass is 15.2. The number of dihydropyridines is 1. The van der Waals surface area contributed by atoms with Crippen molar-refractivity contribution in [3.05, 3.63) is 199 Å². The number of hydrogen-bond acceptors (Lipinski definition) is 3. The van der Waals surface area contributed by atoms with Crippen LogP contribution in [0.1, 0.15) is 11.1 Å². The topological polar surface area (TPSA) is 46.3 Å². The maximum absolute atomic E-state index is 5.29. The minimum Gasteiger partial charge on any atom is -0.367 e. The van der Waals surface area contributed by atoms with E-state index in [1.807, 2.05) is 0 Å². The SMILES string of the molecule is C1=C(c2cccc3ccccc23)NC(C2=CC=C(n3c4ccccc4c4cc5c6ccccc6n(-c6ccccc6)c5cc43)NC2)N=C1c1ccccc1. The molecule has 0 radical (unpaired) electrons. The number of para-hydroxylation sites is 3. The Morgan fingerprint density at radius 2 is 1.15 bits per heavy atom. The summed E-state index contributed by atoms with van der Waals surface area (Å²) in [5.41, 5.74) is 11.4. The van der Waals surface area contributed by atoms with Crippen LogP contribution >= 0.6 is 0 Å². The molecule has 5 nitrogen and oxygen atoms in total. The fraction of sp³-hybridized carbons (Fsp3) is 0.0408. The van der Waals surface area contributed by atoms with Crippen LogP contribution in [0.5, 0.6) is 0 Å². The molecular formula is C49H35N5. The van der Waals surface area contributed by atoms with Gasteiger partial charge in [-0.3, -0.25) is 9.56 Å². The Labute approximate surface area is 312 Å². The molecule has 9 aromatic rings. The molecule has 0 aliphatic carbocycles. The smallest absolute Gasteiger partial charge is 0.143 e. The second-order valence-corrected chi connectivity index (χ2v) is 14.1. The summed E-state index contributed by atoms with van der Waals surface area (Å²) in [5, 5.41) is 15.1. The van der Waals surface area contributed by atoms with Gasteiger partial charge in [-0.2, -0.15) is 0 Å². The maximum Gasteiger partial charge on any atom is 0.143 e. The zero-order chi connectivity index (χ0) is 35.6. The first-order chi connectivity index (χ1) is 26.8. The van der Waals surface area contributed by atoms with E-state index in [9.17, 15) is 0 Å². The highest BCUT2D eigenvalue weighted by Gasteiger charge is 2.25. The van der Waals surface area contributed by atoms with Gasteiger partial charge in [-0.1, -0.05) is 133 Å². The van der Waals surface area contributed by atoms with Gasteiger partial charge in [0.2, 0.25) is 0 Å². The summed E-state index contributed by atoms with van der Waals surface area (Å²) in [5.74, 6) is 1.04. The van der Waals surface area contributed by atoms with Gasteiger partial charge < -0.3 is 15.2 Å². The number of hydrogen-bond donors (Lipinski definition) is 2. The molecular weight excluding hydrogens is 659 g/mol. The number of aromatic nitrogens is 2. The molecule has 5 heteroatoms. The lowest BCUT2D eigenvalue weighted by Gasteiger charge is -2.29. The Kier molecular flexibility index (Phi) is 6.92. The number of fused-ring (bicyclic) bond motifs is 7. The fourth-order valence-corrected chi connectivity index (χ4v) is 8.48. The molecule has 2 aromatic heterocycles. The summed E-state index contributed by atoms with van der Waals surface area (Å²) in [7, 11) is 0. The van der Waals surface area contributed by atoms with Gasteiger partial charge in [0.05, 0.1) is 27.8 Å². The molecule has 0 fully saturated rings. The second kappa shape index (κ2) is 12.2. The van der Waals surface area contributed by atoms with Crippen molar-refractivity contribution >= 4 is 71.6 Å². The Bertz CT molecular complexity index is 3060. The van der Waals surface area contributed by atoms with E-state index in [1.165, 1.54) is 65.5 Å². The quantitative estimate of drug-likeness (QED) is 0.188. The van der Waals surface area contributed by atoms with E-state index >= 15 is 0 Å². The molecule has 0 saturated carbocycles. The third-order valence-electron chi connectivity index (χ3n) is 11.0. The Hall–Kier alpha value is -7.11. The number of benzene rings is 7. The number of rotatable bonds is 5. The molecule has 0 saturated heterocycles. The number of nitrogens with one attached hydrogen (secondary N) is 2. The average Bonchev–Trinajstić information content (AvgIpc) is 3.75. The summed E-state index contributed by atoms with van der Waals surface area (Å²) in [6.07, 6.45) is 6.43. The summed E-state index contributed by atoms with van der Waals surface area (Å²) < 4.78 is 4.78. The molecule has 0 bridgehead atoms. The van der Waals surface area contributed by atoms with Crippen molar-refractivity contribution in [2.75, 3.05) is 6.54 Å². The van der Waals surface area contributed by atoms with Crippen molar-refractivity contribution in [2.45, 2.75) is 6.17 Å². The molecule has 4 heterocycles. The lowest BCUT2D eigenvalue weighted by atomic mass is 9.97. The third kappa shape index (κ3) is 4.82. The van der Waals surface area contributed by atoms with Crippen LogP contribution in [-0.2, 0) is 0 Å². The van der Waals surface area contributed by atoms with Crippen LogP contribution < -0.4 is 10.6 Å². The Balaban J connectivity index is 1.05. The molecule has 256 valence electrons. The van der Waals surface area contributed by atoms with E-state index in [0.29, 0.717) is 6.54 Å². The zero-order valence-electron chi connectivity index (χ0n) is 29.4. The van der Waals surface area contributed by atoms with Crippen LogP contribution in [0.4, 0.5) is 0 Å². The van der Waals surface area contributed by atoms with E-state index in [-0.39, 0.29) is 6.17 Å². The zero-order valence-corrected chi connectivity index (χ0v) is 29.4. The number of allylic oxidation sites excluding steroid dienone is 3. The predicted octanol–water partition coefficient (Wildman–Crippen LogP) is 10.8. The van der Waals surface area contributed by atoms with Crippen LogP contribution in [0.15, 0.2) is 193 Å². The first kappa shape index (κ1) is 30.5. The largest absolute Gasteiger partial charge is 0.367 e. The van der Waals surface area contributed by atoms with E-state index in [2.05, 4.69) is 202 Å². The predicted molar refractivity (Wildman–Crippen MR) is 226 cm³/mol. The van der Waals surface area contributed by atoms with Crippen LogP contribution in [0, 0.1) is 0 Å². The molecule has 7 aromatic carbocycles. The second-order valence-electron chi connectivity index (χ2n) is 14.1. The molecule has 54 heavy (non-hydrogen) atoms. The van der Waals surface area contributed by atoms with Crippen LogP contribution in [0.3, 0.4) is 0 Å². The van der Waals surface area contributed by atoms with Gasteiger partial charge in [-0.15, -0.1) is 0 Å². The van der Waals surface area contributed by atoms with E-state index in [0.717, 1.165) is 28.5 Å². The summed E-state index contributed by atoms with van der Waals surface area (Å²) >= 11 is 0. The fourth-order valence-electron chi connectivity index (χ4n) is 8.48. The van der Waals surface area contributed by atoms with Gasteiger partial charge >= 0.3 is 0 Å². The lowest BCUT2D eigenvalue weighted by molar-refractivity contribution is 0.671. The Morgan fingerprint density at radius 1 is 0.519 bits per heavy atom. The summed E-state index contributed by atoms with van der Waals surface area (Å²) in [6.45, 7) is 0.651. The van der Waals surface area contributed by atoms with Crippen LogP contribution in [0.2, 0.25) is 0 Å². The van der Waals surface area contributed by atoms with Crippen molar-refractivity contribution in [3.63, 3.8) is 0 Å². The monoisotopic (exact) mass is 693 g/mol. The van der Waals surface area contributed by atoms with E-state index < -0.39 is 0 Å². The van der Waals surface area contributed by atoms with Gasteiger partial charge in [-0.05, 0) is 70.5 Å². The highest BCUT2D eigenvalue weighted by molar-refractivity contribution is 6.19. The van der Waals surface area contributed by atoms with Crippen molar-refractivity contribution < 1.29 is 0 Å². The first-order valence-corrected chi connectivity index (χ1v) is 18.5.